The van der Waals surface area contributed by atoms with Gasteiger partial charge in [0.05, 0.1) is 12.3 Å². The average Bonchev–Trinajstić information content (AvgIpc) is 3.54. The zero-order valence-corrected chi connectivity index (χ0v) is 36.0. The lowest BCUT2D eigenvalue weighted by atomic mass is 9.47. The fourth-order valence-electron chi connectivity index (χ4n) is 11.9. The maximum atomic E-state index is 13.0. The van der Waals surface area contributed by atoms with E-state index in [1.807, 2.05) is 24.3 Å². The van der Waals surface area contributed by atoms with E-state index >= 15 is 0 Å². The number of allylic oxidation sites excluding steroid dienone is 1. The van der Waals surface area contributed by atoms with Crippen LogP contribution in [-0.2, 0) is 16.0 Å². The van der Waals surface area contributed by atoms with E-state index in [0.29, 0.717) is 29.8 Å². The van der Waals surface area contributed by atoms with Gasteiger partial charge in [-0.05, 0) is 147 Å². The molecule has 6 rings (SSSR count). The van der Waals surface area contributed by atoms with E-state index < -0.39 is 0 Å². The second kappa shape index (κ2) is 19.6. The Kier molecular flexibility index (Phi) is 14.9. The molecule has 4 aliphatic carbocycles. The summed E-state index contributed by atoms with van der Waals surface area (Å²) in [7, 11) is 0. The lowest BCUT2D eigenvalue weighted by molar-refractivity contribution is -0.151. The van der Waals surface area contributed by atoms with Crippen molar-refractivity contribution in [3.63, 3.8) is 0 Å². The van der Waals surface area contributed by atoms with E-state index in [2.05, 4.69) is 64.7 Å². The summed E-state index contributed by atoms with van der Waals surface area (Å²) < 4.78 is 12.0. The Bertz CT molecular complexity index is 1630. The monoisotopic (exact) mass is 766 g/mol. The molecule has 0 aromatic heterocycles. The van der Waals surface area contributed by atoms with Crippen molar-refractivity contribution >= 4 is 17.9 Å². The summed E-state index contributed by atoms with van der Waals surface area (Å²) in [6.45, 7) is 15.3. The summed E-state index contributed by atoms with van der Waals surface area (Å²) in [5, 5.41) is 10.6. The minimum atomic E-state index is -0.0799. The predicted molar refractivity (Wildman–Crippen MR) is 232 cm³/mol. The van der Waals surface area contributed by atoms with Crippen molar-refractivity contribution in [2.24, 2.45) is 51.3 Å². The standard InChI is InChI=1S/C51H75NO4/c1-7-8-9-10-16-38-18-22-41(23-19-38)52-35-39-20-24-42(34-48(39)53)55-32-12-11-17-49(54)56-43-28-30-50(5)40(33-43)21-25-44-46-27-26-45(37(4)15-13-14-36(2)3)51(46,6)31-29-47(44)50/h18-24,34-37,43-47,53H,7-17,25-33H2,1-6H3/t37-,43?,44+,45-,46+,47+,50+,51-/m1/s1. The predicted octanol–water partition coefficient (Wildman–Crippen LogP) is 13.8. The zero-order chi connectivity index (χ0) is 39.7. The van der Waals surface area contributed by atoms with Crippen LogP contribution in [0.15, 0.2) is 59.1 Å². The topological polar surface area (TPSA) is 68.1 Å². The molecule has 0 heterocycles. The van der Waals surface area contributed by atoms with Crippen molar-refractivity contribution in [1.29, 1.82) is 0 Å². The van der Waals surface area contributed by atoms with Crippen molar-refractivity contribution in [2.75, 3.05) is 6.61 Å². The van der Waals surface area contributed by atoms with Gasteiger partial charge >= 0.3 is 5.97 Å². The third kappa shape index (κ3) is 10.3. The van der Waals surface area contributed by atoms with Crippen LogP contribution >= 0.6 is 0 Å². The molecule has 3 saturated carbocycles. The molecule has 8 atom stereocenters. The molecule has 0 spiro atoms. The van der Waals surface area contributed by atoms with Crippen molar-refractivity contribution < 1.29 is 19.4 Å². The molecular formula is C51H75NO4. The first-order valence-electron chi connectivity index (χ1n) is 23.0. The quantitative estimate of drug-likeness (QED) is 0.0669. The van der Waals surface area contributed by atoms with E-state index in [1.165, 1.54) is 82.6 Å². The Balaban J connectivity index is 0.900. The van der Waals surface area contributed by atoms with Crippen LogP contribution in [0.25, 0.3) is 0 Å². The third-order valence-electron chi connectivity index (χ3n) is 15.2. The minimum absolute atomic E-state index is 0.00995. The Morgan fingerprint density at radius 1 is 0.911 bits per heavy atom. The second-order valence-corrected chi connectivity index (χ2v) is 19.4. The number of aromatic hydroxyl groups is 1. The summed E-state index contributed by atoms with van der Waals surface area (Å²) in [6.07, 6.45) is 26.5. The number of aliphatic imine (C=N–C) groups is 1. The number of aryl methyl sites for hydroxylation is 1. The molecule has 4 aliphatic rings. The normalized spacial score (nSPS) is 29.1. The van der Waals surface area contributed by atoms with Crippen molar-refractivity contribution in [1.82, 2.24) is 0 Å². The Morgan fingerprint density at radius 3 is 2.50 bits per heavy atom. The van der Waals surface area contributed by atoms with Crippen LogP contribution in [0.2, 0.25) is 0 Å². The molecule has 0 aliphatic heterocycles. The first-order chi connectivity index (χ1) is 27.0. The van der Waals surface area contributed by atoms with Crippen LogP contribution in [0.5, 0.6) is 11.5 Å². The Labute approximate surface area is 340 Å². The number of ether oxygens (including phenoxy) is 2. The summed E-state index contributed by atoms with van der Waals surface area (Å²) in [4.78, 5) is 17.5. The van der Waals surface area contributed by atoms with Crippen LogP contribution in [0.4, 0.5) is 5.69 Å². The summed E-state index contributed by atoms with van der Waals surface area (Å²) in [6, 6.07) is 13.7. The van der Waals surface area contributed by atoms with Gasteiger partial charge < -0.3 is 14.6 Å². The smallest absolute Gasteiger partial charge is 0.306 e. The van der Waals surface area contributed by atoms with E-state index in [-0.39, 0.29) is 23.2 Å². The number of rotatable bonds is 19. The number of phenolic OH excluding ortho intramolecular Hbond substituents is 1. The maximum absolute atomic E-state index is 13.0. The number of phenols is 1. The SMILES string of the molecule is CCCCCCc1ccc(N=Cc2ccc(OCCCCC(=O)OC3CC[C@@]4(C)C(=CC[C@H]5[C@@H]6CC[C@H]([C@H](C)CCCC(C)C)[C@@]6(C)CC[C@@H]54)C3)cc2O)cc1. The summed E-state index contributed by atoms with van der Waals surface area (Å²) >= 11 is 0. The second-order valence-electron chi connectivity index (χ2n) is 19.4. The molecule has 56 heavy (non-hydrogen) atoms. The number of unbranched alkanes of at least 4 members (excludes halogenated alkanes) is 4. The minimum Gasteiger partial charge on any atom is -0.507 e. The van der Waals surface area contributed by atoms with E-state index in [1.54, 1.807) is 17.9 Å². The van der Waals surface area contributed by atoms with Gasteiger partial charge in [-0.3, -0.25) is 9.79 Å². The van der Waals surface area contributed by atoms with Gasteiger partial charge in [0, 0.05) is 30.7 Å². The fraction of sp³-hybridized carbons (Fsp3) is 0.686. The highest BCUT2D eigenvalue weighted by atomic mass is 16.5. The molecule has 2 aromatic rings. The van der Waals surface area contributed by atoms with Crippen molar-refractivity contribution in [2.45, 2.75) is 170 Å². The highest BCUT2D eigenvalue weighted by molar-refractivity contribution is 5.85. The first-order valence-corrected chi connectivity index (χ1v) is 23.0. The van der Waals surface area contributed by atoms with Gasteiger partial charge in [0.25, 0.3) is 0 Å². The van der Waals surface area contributed by atoms with Crippen molar-refractivity contribution in [3.8, 4) is 11.5 Å². The number of nitrogens with zero attached hydrogens (tertiary/aromatic N) is 1. The Hall–Kier alpha value is -3.08. The van der Waals surface area contributed by atoms with E-state index in [0.717, 1.165) is 79.7 Å². The molecule has 0 radical (unpaired) electrons. The largest absolute Gasteiger partial charge is 0.507 e. The van der Waals surface area contributed by atoms with Crippen molar-refractivity contribution in [3.05, 3.63) is 65.2 Å². The highest BCUT2D eigenvalue weighted by Crippen LogP contribution is 2.67. The van der Waals surface area contributed by atoms with Gasteiger partial charge in [-0.2, -0.15) is 0 Å². The van der Waals surface area contributed by atoms with Crippen LogP contribution in [-0.4, -0.2) is 30.0 Å². The molecule has 1 N–H and O–H groups in total. The molecule has 5 nitrogen and oxygen atoms in total. The number of hydrogen-bond donors (Lipinski definition) is 1. The lowest BCUT2D eigenvalue weighted by Crippen LogP contribution is -2.51. The molecule has 0 amide bonds. The number of fused-ring (bicyclic) bond motifs is 5. The molecular weight excluding hydrogens is 691 g/mol. The summed E-state index contributed by atoms with van der Waals surface area (Å²) in [5.74, 6) is 5.71. The van der Waals surface area contributed by atoms with Crippen LogP contribution in [0.1, 0.15) is 168 Å². The maximum Gasteiger partial charge on any atom is 0.306 e. The van der Waals surface area contributed by atoms with Crippen LogP contribution in [0.3, 0.4) is 0 Å². The molecule has 1 unspecified atom stereocenters. The van der Waals surface area contributed by atoms with Crippen LogP contribution < -0.4 is 4.74 Å². The first kappa shape index (κ1) is 42.5. The lowest BCUT2D eigenvalue weighted by Gasteiger charge is -2.58. The average molecular weight is 766 g/mol. The molecule has 308 valence electrons. The number of benzene rings is 2. The summed E-state index contributed by atoms with van der Waals surface area (Å²) in [5.41, 5.74) is 5.23. The molecule has 2 aromatic carbocycles. The number of esters is 1. The highest BCUT2D eigenvalue weighted by Gasteiger charge is 2.59. The van der Waals surface area contributed by atoms with Gasteiger partial charge in [-0.25, -0.2) is 0 Å². The van der Waals surface area contributed by atoms with Gasteiger partial charge in [-0.15, -0.1) is 0 Å². The third-order valence-corrected chi connectivity index (χ3v) is 15.2. The molecule has 3 fully saturated rings. The molecule has 5 heteroatoms. The Morgan fingerprint density at radius 2 is 1.73 bits per heavy atom. The van der Waals surface area contributed by atoms with Gasteiger partial charge in [0.15, 0.2) is 0 Å². The zero-order valence-electron chi connectivity index (χ0n) is 36.0. The molecule has 0 bridgehead atoms. The van der Waals surface area contributed by atoms with Gasteiger partial charge in [0.1, 0.15) is 17.6 Å². The number of hydrogen-bond acceptors (Lipinski definition) is 5. The van der Waals surface area contributed by atoms with E-state index in [4.69, 9.17) is 9.47 Å². The molecule has 0 saturated heterocycles. The van der Waals surface area contributed by atoms with Crippen LogP contribution in [0, 0.1) is 46.3 Å². The van der Waals surface area contributed by atoms with Gasteiger partial charge in [-0.1, -0.05) is 104 Å². The number of carbonyl (C=O) groups is 1. The number of carbonyl (C=O) groups excluding carboxylic acids is 1. The fourth-order valence-corrected chi connectivity index (χ4v) is 11.9. The van der Waals surface area contributed by atoms with Gasteiger partial charge in [0.2, 0.25) is 0 Å². The van der Waals surface area contributed by atoms with E-state index in [9.17, 15) is 9.90 Å².